The summed E-state index contributed by atoms with van der Waals surface area (Å²) in [5.41, 5.74) is 0. The summed E-state index contributed by atoms with van der Waals surface area (Å²) in [4.78, 5) is 35.4. The number of carbonyl (C=O) groups excluding carboxylic acids is 2. The number of phosphoric acid groups is 1. The van der Waals surface area contributed by atoms with Crippen LogP contribution >= 0.6 is 7.82 Å². The molecule has 56 heavy (non-hydrogen) atoms. The number of quaternary nitrogens is 1. The molecular formula is C44H81NO10P+. The van der Waals surface area contributed by atoms with Crippen LogP contribution in [-0.4, -0.2) is 97.3 Å². The predicted octanol–water partition coefficient (Wildman–Crippen LogP) is 9.85. The summed E-state index contributed by atoms with van der Waals surface area (Å²) in [5, 5.41) is 20.8. The van der Waals surface area contributed by atoms with Crippen molar-refractivity contribution in [3.05, 3.63) is 48.6 Å². The van der Waals surface area contributed by atoms with Crippen LogP contribution in [-0.2, 0) is 32.7 Å². The van der Waals surface area contributed by atoms with Crippen LogP contribution in [0.4, 0.5) is 0 Å². The van der Waals surface area contributed by atoms with Crippen molar-refractivity contribution in [3.63, 3.8) is 0 Å². The molecule has 0 aromatic rings. The fraction of sp³-hybridized carbons (Fsp3) is 0.773. The molecule has 0 fully saturated rings. The highest BCUT2D eigenvalue weighted by molar-refractivity contribution is 7.47. The average molecular weight is 815 g/mol. The molecule has 0 saturated carbocycles. The summed E-state index contributed by atoms with van der Waals surface area (Å²) in [5.74, 6) is -1.10. The Morgan fingerprint density at radius 1 is 0.625 bits per heavy atom. The summed E-state index contributed by atoms with van der Waals surface area (Å²) >= 11 is 0. The number of nitrogens with zero attached hydrogens (tertiary/aromatic N) is 1. The Morgan fingerprint density at radius 3 is 1.79 bits per heavy atom. The number of phosphoric ester groups is 1. The van der Waals surface area contributed by atoms with Crippen LogP contribution < -0.4 is 0 Å². The number of hydrogen-bond donors (Lipinski definition) is 3. The molecular weight excluding hydrogens is 733 g/mol. The first-order valence-corrected chi connectivity index (χ1v) is 23.0. The summed E-state index contributed by atoms with van der Waals surface area (Å²) in [6.45, 7) is 4.01. The number of carbonyl (C=O) groups is 2. The molecule has 0 aromatic heterocycles. The lowest BCUT2D eigenvalue weighted by Gasteiger charge is -2.24. The number of esters is 2. The van der Waals surface area contributed by atoms with E-state index in [1.807, 2.05) is 33.3 Å². The zero-order valence-electron chi connectivity index (χ0n) is 35.8. The molecule has 0 heterocycles. The maximum atomic E-state index is 12.7. The van der Waals surface area contributed by atoms with Crippen LogP contribution in [0.15, 0.2) is 48.6 Å². The molecule has 0 aromatic carbocycles. The lowest BCUT2D eigenvalue weighted by atomic mass is 10.0. The minimum Gasteiger partial charge on any atom is -0.462 e. The van der Waals surface area contributed by atoms with Gasteiger partial charge < -0.3 is 29.1 Å². The van der Waals surface area contributed by atoms with E-state index in [0.29, 0.717) is 17.4 Å². The summed E-state index contributed by atoms with van der Waals surface area (Å²) in [6, 6.07) is 0. The van der Waals surface area contributed by atoms with Crippen molar-refractivity contribution in [1.29, 1.82) is 0 Å². The van der Waals surface area contributed by atoms with Crippen molar-refractivity contribution < 1.29 is 52.3 Å². The van der Waals surface area contributed by atoms with Gasteiger partial charge in [0.1, 0.15) is 19.8 Å². The van der Waals surface area contributed by atoms with Crippen LogP contribution in [0.25, 0.3) is 0 Å². The maximum absolute atomic E-state index is 12.7. The molecule has 0 rings (SSSR count). The Morgan fingerprint density at radius 2 is 1.14 bits per heavy atom. The molecule has 0 bridgehead atoms. The number of allylic oxidation sites excluding steroid dienone is 7. The van der Waals surface area contributed by atoms with Gasteiger partial charge in [0.15, 0.2) is 6.10 Å². The Bertz CT molecular complexity index is 1130. The molecule has 0 amide bonds. The van der Waals surface area contributed by atoms with Gasteiger partial charge in [-0.05, 0) is 77.0 Å². The SMILES string of the molecule is CCCCC/C=C\C/C=C\C/C=C\CC(O)C(O)CCCC(=O)O[C@H](COC(=O)CCCCCCC/C=C\CCCCCC)COP(=O)(O)OCC[N+](C)(C)C. The third-order valence-corrected chi connectivity index (χ3v) is 10.0. The van der Waals surface area contributed by atoms with E-state index in [1.54, 1.807) is 0 Å². The van der Waals surface area contributed by atoms with Gasteiger partial charge >= 0.3 is 19.8 Å². The van der Waals surface area contributed by atoms with E-state index in [0.717, 1.165) is 57.8 Å². The van der Waals surface area contributed by atoms with Crippen LogP contribution in [0.2, 0.25) is 0 Å². The molecule has 0 saturated heterocycles. The topological polar surface area (TPSA) is 149 Å². The number of rotatable bonds is 38. The number of likely N-dealkylation sites (N-methyl/N-ethyl adjacent to an activating group) is 1. The Hall–Kier alpha value is -2.11. The van der Waals surface area contributed by atoms with Crippen LogP contribution in [0.5, 0.6) is 0 Å². The average Bonchev–Trinajstić information content (AvgIpc) is 3.14. The molecule has 3 unspecified atom stereocenters. The zero-order chi connectivity index (χ0) is 41.8. The number of aliphatic hydroxyl groups excluding tert-OH is 2. The van der Waals surface area contributed by atoms with Crippen molar-refractivity contribution >= 4 is 19.8 Å². The Balaban J connectivity index is 4.66. The zero-order valence-corrected chi connectivity index (χ0v) is 36.7. The second kappa shape index (κ2) is 36.0. The third-order valence-electron chi connectivity index (χ3n) is 9.03. The molecule has 0 spiro atoms. The predicted molar refractivity (Wildman–Crippen MR) is 227 cm³/mol. The largest absolute Gasteiger partial charge is 0.472 e. The summed E-state index contributed by atoms with van der Waals surface area (Å²) in [7, 11) is 1.29. The second-order valence-electron chi connectivity index (χ2n) is 15.7. The van der Waals surface area contributed by atoms with E-state index in [4.69, 9.17) is 18.5 Å². The molecule has 12 heteroatoms. The van der Waals surface area contributed by atoms with Gasteiger partial charge in [-0.3, -0.25) is 18.6 Å². The highest BCUT2D eigenvalue weighted by Crippen LogP contribution is 2.43. The van der Waals surface area contributed by atoms with Crippen molar-refractivity contribution in [2.45, 2.75) is 173 Å². The van der Waals surface area contributed by atoms with Gasteiger partial charge in [-0.15, -0.1) is 0 Å². The van der Waals surface area contributed by atoms with E-state index in [1.165, 1.54) is 44.9 Å². The normalized spacial score (nSPS) is 15.2. The van der Waals surface area contributed by atoms with E-state index in [2.05, 4.69) is 50.3 Å². The van der Waals surface area contributed by atoms with Gasteiger partial charge in [-0.1, -0.05) is 114 Å². The van der Waals surface area contributed by atoms with Gasteiger partial charge in [-0.2, -0.15) is 0 Å². The van der Waals surface area contributed by atoms with E-state index in [-0.39, 0.29) is 45.3 Å². The monoisotopic (exact) mass is 815 g/mol. The number of aliphatic hydroxyl groups is 2. The van der Waals surface area contributed by atoms with E-state index in [9.17, 15) is 29.3 Å². The van der Waals surface area contributed by atoms with Crippen molar-refractivity contribution in [1.82, 2.24) is 0 Å². The molecule has 0 aliphatic rings. The Labute approximate surface area is 340 Å². The third kappa shape index (κ3) is 37.5. The number of hydrogen-bond acceptors (Lipinski definition) is 9. The van der Waals surface area contributed by atoms with Crippen LogP contribution in [0, 0.1) is 0 Å². The Kier molecular flexibility index (Phi) is 34.6. The summed E-state index contributed by atoms with van der Waals surface area (Å²) < 4.78 is 34.0. The highest BCUT2D eigenvalue weighted by atomic mass is 31.2. The molecule has 326 valence electrons. The summed E-state index contributed by atoms with van der Waals surface area (Å²) in [6.07, 6.45) is 33.3. The van der Waals surface area contributed by atoms with Gasteiger partial charge in [0.05, 0.1) is 40.0 Å². The van der Waals surface area contributed by atoms with Crippen LogP contribution in [0.3, 0.4) is 0 Å². The number of ether oxygens (including phenoxy) is 2. The first-order chi connectivity index (χ1) is 26.8. The number of unbranched alkanes of at least 4 members (excludes halogenated alkanes) is 12. The minimum absolute atomic E-state index is 0.0231. The lowest BCUT2D eigenvalue weighted by molar-refractivity contribution is -0.870. The fourth-order valence-corrected chi connectivity index (χ4v) is 6.20. The van der Waals surface area contributed by atoms with Crippen LogP contribution in [0.1, 0.15) is 155 Å². The minimum atomic E-state index is -4.46. The second-order valence-corrected chi connectivity index (χ2v) is 17.1. The first-order valence-electron chi connectivity index (χ1n) is 21.5. The van der Waals surface area contributed by atoms with Gasteiger partial charge in [-0.25, -0.2) is 4.57 Å². The molecule has 0 aliphatic heterocycles. The van der Waals surface area contributed by atoms with E-state index < -0.39 is 44.7 Å². The maximum Gasteiger partial charge on any atom is 0.472 e. The molecule has 11 nitrogen and oxygen atoms in total. The van der Waals surface area contributed by atoms with Gasteiger partial charge in [0, 0.05) is 12.8 Å². The van der Waals surface area contributed by atoms with Crippen molar-refractivity contribution in [2.24, 2.45) is 0 Å². The van der Waals surface area contributed by atoms with E-state index >= 15 is 0 Å². The standard InChI is InChI=1S/C44H80NO10P/c1-6-8-10-12-14-16-18-20-22-24-26-28-30-34-43(48)52-38-40(39-54-56(50,51)53-37-36-45(3,4)5)55-44(49)35-31-33-42(47)41(46)32-29-27-25-23-21-19-17-15-13-11-9-7-2/h15-18,21,23,27,29,40-42,46-47H,6-14,19-20,22,24-26,28,30-39H2,1-5H3/p+1/b17-15-,18-16-,23-21-,29-27-/t40-,41?,42?/m1/s1. The highest BCUT2D eigenvalue weighted by Gasteiger charge is 2.27. The van der Waals surface area contributed by atoms with Gasteiger partial charge in [0.2, 0.25) is 0 Å². The van der Waals surface area contributed by atoms with Gasteiger partial charge in [0.25, 0.3) is 0 Å². The smallest absolute Gasteiger partial charge is 0.462 e. The molecule has 3 N–H and O–H groups in total. The van der Waals surface area contributed by atoms with Crippen molar-refractivity contribution in [3.8, 4) is 0 Å². The fourth-order valence-electron chi connectivity index (χ4n) is 5.46. The molecule has 0 radical (unpaired) electrons. The molecule has 0 aliphatic carbocycles. The first kappa shape index (κ1) is 53.9. The quantitative estimate of drug-likeness (QED) is 0.0181. The molecule has 4 atom stereocenters. The lowest BCUT2D eigenvalue weighted by Crippen LogP contribution is -2.37. The van der Waals surface area contributed by atoms with Crippen molar-refractivity contribution in [2.75, 3.05) is 47.5 Å².